The molecule has 0 aliphatic carbocycles. The molecule has 0 atom stereocenters. The van der Waals surface area contributed by atoms with Crippen molar-refractivity contribution >= 4 is 33.8 Å². The highest BCUT2D eigenvalue weighted by Gasteiger charge is 2.22. The Morgan fingerprint density at radius 1 is 1.58 bits per heavy atom. The maximum Gasteiger partial charge on any atom is 0.372 e. The van der Waals surface area contributed by atoms with Crippen LogP contribution in [0.4, 0.5) is 11.6 Å². The van der Waals surface area contributed by atoms with Gasteiger partial charge in [-0.2, -0.15) is 9.38 Å². The lowest BCUT2D eigenvalue weighted by Crippen LogP contribution is -2.11. The van der Waals surface area contributed by atoms with Gasteiger partial charge in [-0.1, -0.05) is 11.3 Å². The Morgan fingerprint density at radius 2 is 2.37 bits per heavy atom. The number of nitrogens with one attached hydrogen (secondary N) is 1. The summed E-state index contributed by atoms with van der Waals surface area (Å²) in [4.78, 5) is 25.9. The number of anilines is 1. The average Bonchev–Trinajstić information content (AvgIpc) is 2.86. The van der Waals surface area contributed by atoms with Gasteiger partial charge >= 0.3 is 5.82 Å². The van der Waals surface area contributed by atoms with Crippen molar-refractivity contribution in [1.82, 2.24) is 9.38 Å². The minimum atomic E-state index is -0.460. The van der Waals surface area contributed by atoms with Crippen LogP contribution in [-0.4, -0.2) is 26.8 Å². The molecule has 3 N–H and O–H groups in total. The number of carbonyl (C=O) groups excluding carboxylic acids is 1. The van der Waals surface area contributed by atoms with Crippen LogP contribution >= 0.6 is 11.3 Å². The summed E-state index contributed by atoms with van der Waals surface area (Å²) in [5.74, 6) is -0.143. The standard InChI is InChI=1S/C10H13N5O3S/c11-7(16)3-1-2-4-12-8-9(15(17)18)14-5-6-19-10(14)13-8/h5-6,12H,1-4H2,(H2,11,16). The molecular formula is C10H13N5O3S. The summed E-state index contributed by atoms with van der Waals surface area (Å²) in [5, 5.41) is 15.7. The molecule has 1 amide bonds. The third kappa shape index (κ3) is 2.99. The van der Waals surface area contributed by atoms with Gasteiger partial charge in [-0.05, 0) is 17.8 Å². The Bertz CT molecular complexity index is 605. The van der Waals surface area contributed by atoms with Gasteiger partial charge in [0.15, 0.2) is 0 Å². The van der Waals surface area contributed by atoms with Gasteiger partial charge in [0.2, 0.25) is 11.7 Å². The quantitative estimate of drug-likeness (QED) is 0.452. The molecule has 0 aliphatic heterocycles. The van der Waals surface area contributed by atoms with E-state index in [0.29, 0.717) is 30.8 Å². The number of unbranched alkanes of at least 4 members (excludes halogenated alkanes) is 1. The highest BCUT2D eigenvalue weighted by molar-refractivity contribution is 7.15. The molecule has 2 aromatic rings. The smallest absolute Gasteiger partial charge is 0.370 e. The van der Waals surface area contributed by atoms with E-state index < -0.39 is 4.92 Å². The number of nitrogens with two attached hydrogens (primary N) is 1. The highest BCUT2D eigenvalue weighted by atomic mass is 32.1. The molecule has 0 bridgehead atoms. The number of aromatic nitrogens is 2. The van der Waals surface area contributed by atoms with E-state index in [1.807, 2.05) is 0 Å². The molecule has 2 rings (SSSR count). The number of primary amides is 1. The van der Waals surface area contributed by atoms with Crippen molar-refractivity contribution in [3.05, 3.63) is 21.7 Å². The van der Waals surface area contributed by atoms with Crippen LogP contribution in [0.15, 0.2) is 11.6 Å². The number of imidazole rings is 1. The molecule has 9 heteroatoms. The molecule has 0 fully saturated rings. The normalized spacial score (nSPS) is 10.7. The number of fused-ring (bicyclic) bond motifs is 1. The lowest BCUT2D eigenvalue weighted by Gasteiger charge is -2.02. The number of thiazole rings is 1. The fourth-order valence-corrected chi connectivity index (χ4v) is 2.41. The summed E-state index contributed by atoms with van der Waals surface area (Å²) < 4.78 is 1.44. The van der Waals surface area contributed by atoms with Gasteiger partial charge in [0, 0.05) is 18.3 Å². The van der Waals surface area contributed by atoms with Crippen molar-refractivity contribution in [3.63, 3.8) is 0 Å². The summed E-state index contributed by atoms with van der Waals surface area (Å²) in [6.45, 7) is 0.513. The average molecular weight is 283 g/mol. The molecule has 0 radical (unpaired) electrons. The topological polar surface area (TPSA) is 116 Å². The predicted molar refractivity (Wildman–Crippen MR) is 71.3 cm³/mol. The van der Waals surface area contributed by atoms with Crippen molar-refractivity contribution in [1.29, 1.82) is 0 Å². The summed E-state index contributed by atoms with van der Waals surface area (Å²) in [7, 11) is 0. The first kappa shape index (κ1) is 13.3. The van der Waals surface area contributed by atoms with Crippen LogP contribution in [0.1, 0.15) is 19.3 Å². The molecular weight excluding hydrogens is 270 g/mol. The molecule has 102 valence electrons. The van der Waals surface area contributed by atoms with Crippen LogP contribution in [0, 0.1) is 10.1 Å². The van der Waals surface area contributed by atoms with Gasteiger partial charge in [0.25, 0.3) is 4.96 Å². The van der Waals surface area contributed by atoms with E-state index in [1.54, 1.807) is 11.6 Å². The minimum absolute atomic E-state index is 0.0637. The maximum absolute atomic E-state index is 11.0. The predicted octanol–water partition coefficient (Wildman–Crippen LogP) is 1.37. The largest absolute Gasteiger partial charge is 0.372 e. The van der Waals surface area contributed by atoms with Gasteiger partial charge in [0.05, 0.1) is 0 Å². The first-order valence-corrected chi connectivity index (χ1v) is 6.59. The van der Waals surface area contributed by atoms with Gasteiger partial charge < -0.3 is 21.2 Å². The van der Waals surface area contributed by atoms with Gasteiger partial charge in [-0.25, -0.2) is 0 Å². The van der Waals surface area contributed by atoms with Crippen LogP contribution in [0.3, 0.4) is 0 Å². The molecule has 19 heavy (non-hydrogen) atoms. The molecule has 0 aliphatic rings. The SMILES string of the molecule is NC(=O)CCCCNc1nc2sccn2c1[N+](=O)[O-]. The molecule has 2 heterocycles. The van der Waals surface area contributed by atoms with E-state index in [2.05, 4.69) is 10.3 Å². The van der Waals surface area contributed by atoms with E-state index in [4.69, 9.17) is 5.73 Å². The second-order valence-electron chi connectivity index (χ2n) is 3.95. The number of hydrogen-bond donors (Lipinski definition) is 2. The third-order valence-corrected chi connectivity index (χ3v) is 3.31. The summed E-state index contributed by atoms with van der Waals surface area (Å²) in [6.07, 6.45) is 3.29. The zero-order chi connectivity index (χ0) is 13.8. The van der Waals surface area contributed by atoms with Crippen LogP contribution < -0.4 is 11.1 Å². The molecule has 0 spiro atoms. The molecule has 0 saturated heterocycles. The Balaban J connectivity index is 2.00. The Kier molecular flexibility index (Phi) is 3.95. The van der Waals surface area contributed by atoms with Crippen LogP contribution in [-0.2, 0) is 4.79 Å². The molecule has 8 nitrogen and oxygen atoms in total. The summed E-state index contributed by atoms with van der Waals surface area (Å²) >= 11 is 1.33. The van der Waals surface area contributed by atoms with Gasteiger partial charge in [0.1, 0.15) is 6.20 Å². The van der Waals surface area contributed by atoms with E-state index in [-0.39, 0.29) is 17.5 Å². The number of rotatable bonds is 7. The lowest BCUT2D eigenvalue weighted by molar-refractivity contribution is -0.389. The van der Waals surface area contributed by atoms with Crippen molar-refractivity contribution < 1.29 is 9.72 Å². The lowest BCUT2D eigenvalue weighted by atomic mass is 10.2. The van der Waals surface area contributed by atoms with Gasteiger partial charge in [-0.3, -0.25) is 4.79 Å². The zero-order valence-corrected chi connectivity index (χ0v) is 10.9. The van der Waals surface area contributed by atoms with E-state index >= 15 is 0 Å². The Labute approximate surface area is 112 Å². The summed E-state index contributed by atoms with van der Waals surface area (Å²) in [6, 6.07) is 0. The first-order chi connectivity index (χ1) is 9.09. The molecule has 0 saturated carbocycles. The Morgan fingerprint density at radius 3 is 3.05 bits per heavy atom. The number of carbonyl (C=O) groups is 1. The van der Waals surface area contributed by atoms with Crippen molar-refractivity contribution in [2.45, 2.75) is 19.3 Å². The molecule has 0 unspecified atom stereocenters. The zero-order valence-electron chi connectivity index (χ0n) is 10.0. The fraction of sp³-hybridized carbons (Fsp3) is 0.400. The second kappa shape index (κ2) is 5.65. The van der Waals surface area contributed by atoms with E-state index in [1.165, 1.54) is 15.7 Å². The number of amides is 1. The number of hydrogen-bond acceptors (Lipinski definition) is 6. The maximum atomic E-state index is 11.0. The van der Waals surface area contributed by atoms with Crippen molar-refractivity contribution in [3.8, 4) is 0 Å². The third-order valence-electron chi connectivity index (χ3n) is 2.55. The van der Waals surface area contributed by atoms with Crippen molar-refractivity contribution in [2.75, 3.05) is 11.9 Å². The van der Waals surface area contributed by atoms with Crippen molar-refractivity contribution in [2.24, 2.45) is 5.73 Å². The number of nitrogens with zero attached hydrogens (tertiary/aromatic N) is 3. The van der Waals surface area contributed by atoms with Crippen LogP contribution in [0.2, 0.25) is 0 Å². The number of nitro groups is 1. The van der Waals surface area contributed by atoms with Gasteiger partial charge in [-0.15, -0.1) is 0 Å². The van der Waals surface area contributed by atoms with Crippen LogP contribution in [0.25, 0.3) is 4.96 Å². The monoisotopic (exact) mass is 283 g/mol. The molecule has 2 aromatic heterocycles. The molecule has 0 aromatic carbocycles. The first-order valence-electron chi connectivity index (χ1n) is 5.71. The fourth-order valence-electron chi connectivity index (χ4n) is 1.70. The highest BCUT2D eigenvalue weighted by Crippen LogP contribution is 2.27. The summed E-state index contributed by atoms with van der Waals surface area (Å²) in [5.41, 5.74) is 5.02. The second-order valence-corrected chi connectivity index (χ2v) is 4.82. The van der Waals surface area contributed by atoms with Crippen LogP contribution in [0.5, 0.6) is 0 Å². The van der Waals surface area contributed by atoms with E-state index in [9.17, 15) is 14.9 Å². The van der Waals surface area contributed by atoms with E-state index in [0.717, 1.165) is 0 Å². The Hall–Kier alpha value is -2.16. The minimum Gasteiger partial charge on any atom is -0.370 e.